The van der Waals surface area contributed by atoms with Crippen LogP contribution in [-0.4, -0.2) is 38.5 Å². The number of rotatable bonds is 3. The summed E-state index contributed by atoms with van der Waals surface area (Å²) in [5.74, 6) is 0.246. The number of ether oxygens (including phenoxy) is 1. The lowest BCUT2D eigenvalue weighted by Gasteiger charge is -2.19. The molecule has 2 aliphatic rings. The predicted octanol–water partition coefficient (Wildman–Crippen LogP) is 1.77. The summed E-state index contributed by atoms with van der Waals surface area (Å²) in [5, 5.41) is 4.46. The van der Waals surface area contributed by atoms with Crippen LogP contribution in [-0.2, 0) is 9.59 Å². The number of methoxy groups -OCH3 is 1. The highest BCUT2D eigenvalue weighted by atomic mass is 16.5. The molecule has 29 heavy (non-hydrogen) atoms. The molecule has 3 heterocycles. The fourth-order valence-electron chi connectivity index (χ4n) is 4.29. The maximum Gasteiger partial charge on any atom is 0.254 e. The zero-order chi connectivity index (χ0) is 20.1. The first-order valence-corrected chi connectivity index (χ1v) is 9.59. The van der Waals surface area contributed by atoms with E-state index in [0.717, 1.165) is 17.7 Å². The molecule has 1 aliphatic heterocycles. The summed E-state index contributed by atoms with van der Waals surface area (Å²) in [7, 11) is 1.58. The molecule has 9 nitrogen and oxygen atoms in total. The maximum atomic E-state index is 13.0. The fourth-order valence-corrected chi connectivity index (χ4v) is 4.29. The standard InChI is InChI=1S/C20H19N5O4/c1-29-12-8-6-11(7-9-12)17-22-20-21-15(26)10-16(25(20)23-17)24-18(27)13-4-2-3-5-14(13)19(24)28/h6-10,13-14H,2-5H2,1H3,(H,21,22,23,26)/t13-,14-/m0/s1. The minimum Gasteiger partial charge on any atom is -0.497 e. The maximum absolute atomic E-state index is 13.0. The van der Waals surface area contributed by atoms with Gasteiger partial charge >= 0.3 is 0 Å². The molecule has 0 radical (unpaired) electrons. The zero-order valence-corrected chi connectivity index (χ0v) is 15.8. The van der Waals surface area contributed by atoms with Crippen LogP contribution in [0.3, 0.4) is 0 Å². The van der Waals surface area contributed by atoms with Gasteiger partial charge in [0.1, 0.15) is 5.75 Å². The van der Waals surface area contributed by atoms with Gasteiger partial charge in [-0.1, -0.05) is 12.8 Å². The molecule has 9 heteroatoms. The number of H-pyrrole nitrogens is 1. The van der Waals surface area contributed by atoms with Crippen LogP contribution < -0.4 is 15.2 Å². The van der Waals surface area contributed by atoms with E-state index in [1.807, 2.05) is 0 Å². The number of fused-ring (bicyclic) bond motifs is 2. The van der Waals surface area contributed by atoms with Crippen LogP contribution in [0.4, 0.5) is 5.82 Å². The van der Waals surface area contributed by atoms with E-state index in [1.165, 1.54) is 10.6 Å². The molecule has 0 spiro atoms. The van der Waals surface area contributed by atoms with Gasteiger partial charge in [-0.2, -0.15) is 9.50 Å². The topological polar surface area (TPSA) is 110 Å². The fraction of sp³-hybridized carbons (Fsp3) is 0.350. The van der Waals surface area contributed by atoms with Crippen molar-refractivity contribution in [2.45, 2.75) is 25.7 Å². The van der Waals surface area contributed by atoms with Crippen LogP contribution in [0.2, 0.25) is 0 Å². The van der Waals surface area contributed by atoms with Gasteiger partial charge in [0, 0.05) is 11.6 Å². The molecule has 1 aromatic carbocycles. The second-order valence-corrected chi connectivity index (χ2v) is 7.40. The molecule has 3 aromatic rings. The molecule has 1 aliphatic carbocycles. The van der Waals surface area contributed by atoms with Crippen molar-refractivity contribution in [3.05, 3.63) is 40.7 Å². The molecule has 0 bridgehead atoms. The molecule has 2 fully saturated rings. The Morgan fingerprint density at radius 1 is 1.03 bits per heavy atom. The highest BCUT2D eigenvalue weighted by Gasteiger charge is 2.49. The van der Waals surface area contributed by atoms with Crippen molar-refractivity contribution in [1.29, 1.82) is 0 Å². The summed E-state index contributed by atoms with van der Waals surface area (Å²) < 4.78 is 6.52. The Kier molecular flexibility index (Phi) is 3.97. The molecule has 2 aromatic heterocycles. The van der Waals surface area contributed by atoms with E-state index in [0.29, 0.717) is 30.0 Å². The molecule has 1 saturated carbocycles. The normalized spacial score (nSPS) is 21.6. The number of hydrogen-bond donors (Lipinski definition) is 1. The average molecular weight is 393 g/mol. The van der Waals surface area contributed by atoms with E-state index >= 15 is 0 Å². The Labute approximate surface area is 165 Å². The quantitative estimate of drug-likeness (QED) is 0.679. The van der Waals surface area contributed by atoms with Crippen LogP contribution in [0.15, 0.2) is 35.1 Å². The lowest BCUT2D eigenvalue weighted by molar-refractivity contribution is -0.122. The number of benzene rings is 1. The Bertz CT molecular complexity index is 1160. The van der Waals surface area contributed by atoms with Crippen molar-refractivity contribution in [1.82, 2.24) is 19.6 Å². The monoisotopic (exact) mass is 393 g/mol. The Hall–Kier alpha value is -3.49. The van der Waals surface area contributed by atoms with E-state index in [1.54, 1.807) is 31.4 Å². The van der Waals surface area contributed by atoms with Gasteiger partial charge in [0.15, 0.2) is 11.6 Å². The van der Waals surface area contributed by atoms with Crippen molar-refractivity contribution in [2.24, 2.45) is 11.8 Å². The van der Waals surface area contributed by atoms with E-state index in [-0.39, 0.29) is 35.2 Å². The van der Waals surface area contributed by atoms with Gasteiger partial charge in [0.2, 0.25) is 17.6 Å². The van der Waals surface area contributed by atoms with Gasteiger partial charge in [-0.3, -0.25) is 19.4 Å². The second-order valence-electron chi connectivity index (χ2n) is 7.40. The molecular weight excluding hydrogens is 374 g/mol. The van der Waals surface area contributed by atoms with Gasteiger partial charge in [0.25, 0.3) is 5.56 Å². The van der Waals surface area contributed by atoms with E-state index < -0.39 is 5.56 Å². The molecular formula is C20H19N5O4. The first-order valence-electron chi connectivity index (χ1n) is 9.59. The number of hydrogen-bond acceptors (Lipinski definition) is 6. The average Bonchev–Trinajstić information content (AvgIpc) is 3.27. The smallest absolute Gasteiger partial charge is 0.254 e. The summed E-state index contributed by atoms with van der Waals surface area (Å²) in [4.78, 5) is 46.3. The number of nitrogens with zero attached hydrogens (tertiary/aromatic N) is 4. The van der Waals surface area contributed by atoms with Crippen LogP contribution in [0.1, 0.15) is 25.7 Å². The van der Waals surface area contributed by atoms with E-state index in [9.17, 15) is 14.4 Å². The summed E-state index contributed by atoms with van der Waals surface area (Å²) in [6.07, 6.45) is 3.27. The van der Waals surface area contributed by atoms with Crippen molar-refractivity contribution in [3.8, 4) is 17.1 Å². The van der Waals surface area contributed by atoms with Crippen molar-refractivity contribution in [3.63, 3.8) is 0 Å². The minimum atomic E-state index is -0.448. The zero-order valence-electron chi connectivity index (χ0n) is 15.8. The van der Waals surface area contributed by atoms with Gasteiger partial charge in [-0.25, -0.2) is 4.90 Å². The van der Waals surface area contributed by atoms with Crippen LogP contribution in [0, 0.1) is 11.8 Å². The number of aromatic nitrogens is 4. The summed E-state index contributed by atoms with van der Waals surface area (Å²) in [5.41, 5.74) is 0.269. The number of carbonyl (C=O) groups excluding carboxylic acids is 2. The Morgan fingerprint density at radius 3 is 2.31 bits per heavy atom. The van der Waals surface area contributed by atoms with Crippen molar-refractivity contribution >= 4 is 23.4 Å². The third-order valence-electron chi connectivity index (χ3n) is 5.74. The van der Waals surface area contributed by atoms with Gasteiger partial charge in [0.05, 0.1) is 18.9 Å². The molecule has 148 valence electrons. The second kappa shape index (κ2) is 6.54. The first-order chi connectivity index (χ1) is 14.1. The van der Waals surface area contributed by atoms with E-state index in [2.05, 4.69) is 15.1 Å². The van der Waals surface area contributed by atoms with Gasteiger partial charge in [-0.15, -0.1) is 5.10 Å². The number of nitrogens with one attached hydrogen (secondary N) is 1. The number of amides is 2. The van der Waals surface area contributed by atoms with Gasteiger partial charge in [-0.05, 0) is 37.1 Å². The predicted molar refractivity (Wildman–Crippen MR) is 104 cm³/mol. The summed E-state index contributed by atoms with van der Waals surface area (Å²) in [6, 6.07) is 8.39. The Balaban J connectivity index is 1.62. The Morgan fingerprint density at radius 2 is 1.69 bits per heavy atom. The third kappa shape index (κ3) is 2.72. The molecule has 1 saturated heterocycles. The molecule has 0 unspecified atom stereocenters. The van der Waals surface area contributed by atoms with Crippen molar-refractivity contribution in [2.75, 3.05) is 12.0 Å². The molecule has 2 amide bonds. The van der Waals surface area contributed by atoms with Gasteiger partial charge < -0.3 is 4.74 Å². The number of anilines is 1. The molecule has 1 N–H and O–H groups in total. The van der Waals surface area contributed by atoms with Crippen molar-refractivity contribution < 1.29 is 14.3 Å². The summed E-state index contributed by atoms with van der Waals surface area (Å²) in [6.45, 7) is 0. The molecule has 2 atom stereocenters. The van der Waals surface area contributed by atoms with Crippen LogP contribution in [0.25, 0.3) is 17.2 Å². The highest BCUT2D eigenvalue weighted by Crippen LogP contribution is 2.39. The number of imide groups is 1. The highest BCUT2D eigenvalue weighted by molar-refractivity contribution is 6.21. The van der Waals surface area contributed by atoms with E-state index in [4.69, 9.17) is 4.74 Å². The largest absolute Gasteiger partial charge is 0.497 e. The van der Waals surface area contributed by atoms with Crippen LogP contribution >= 0.6 is 0 Å². The lowest BCUT2D eigenvalue weighted by Crippen LogP contribution is -2.34. The number of carbonyl (C=O) groups is 2. The third-order valence-corrected chi connectivity index (χ3v) is 5.74. The first kappa shape index (κ1) is 17.6. The summed E-state index contributed by atoms with van der Waals surface area (Å²) >= 11 is 0. The lowest BCUT2D eigenvalue weighted by atomic mass is 9.81. The van der Waals surface area contributed by atoms with Crippen LogP contribution in [0.5, 0.6) is 5.75 Å². The SMILES string of the molecule is COc1ccc(-c2nc3[nH]c(=O)cc(N4C(=O)[C@H]5CCCC[C@@H]5C4=O)n3n2)cc1. The minimum absolute atomic E-state index is 0.139. The molecule has 5 rings (SSSR count). The number of aromatic amines is 1.